The molecule has 0 spiro atoms. The Bertz CT molecular complexity index is 971. The van der Waals surface area contributed by atoms with Gasteiger partial charge in [-0.2, -0.15) is 13.2 Å². The van der Waals surface area contributed by atoms with Gasteiger partial charge in [-0.1, -0.05) is 54.6 Å². The van der Waals surface area contributed by atoms with E-state index in [4.69, 9.17) is 4.74 Å². The molecule has 2 N–H and O–H groups in total. The number of nitrogens with one attached hydrogen (secondary N) is 1. The van der Waals surface area contributed by atoms with Gasteiger partial charge in [0.1, 0.15) is 5.75 Å². The molecule has 0 aliphatic carbocycles. The van der Waals surface area contributed by atoms with E-state index in [1.165, 1.54) is 43.5 Å². The molecule has 0 aliphatic rings. The third kappa shape index (κ3) is 4.09. The Labute approximate surface area is 165 Å². The average Bonchev–Trinajstić information content (AvgIpc) is 2.73. The molecule has 150 valence electrons. The van der Waals surface area contributed by atoms with E-state index >= 15 is 0 Å². The number of amides is 1. The predicted octanol–water partition coefficient (Wildman–Crippen LogP) is 4.75. The number of ether oxygens (including phenoxy) is 1. The maximum absolute atomic E-state index is 13.8. The lowest BCUT2D eigenvalue weighted by molar-refractivity contribution is -0.254. The number of aliphatic hydroxyl groups is 1. The lowest BCUT2D eigenvalue weighted by Gasteiger charge is -2.29. The van der Waals surface area contributed by atoms with Gasteiger partial charge in [-0.25, -0.2) is 0 Å². The highest BCUT2D eigenvalue weighted by atomic mass is 19.4. The van der Waals surface area contributed by atoms with Gasteiger partial charge in [-0.15, -0.1) is 0 Å². The molecule has 0 saturated carbocycles. The zero-order valence-corrected chi connectivity index (χ0v) is 15.4. The van der Waals surface area contributed by atoms with Crippen LogP contribution in [0.2, 0.25) is 0 Å². The number of alkyl halides is 3. The lowest BCUT2D eigenvalue weighted by Crippen LogP contribution is -2.52. The van der Waals surface area contributed by atoms with Crippen LogP contribution in [0.3, 0.4) is 0 Å². The van der Waals surface area contributed by atoms with E-state index in [0.717, 1.165) is 17.7 Å². The van der Waals surface area contributed by atoms with Crippen molar-refractivity contribution in [3.05, 3.63) is 84.4 Å². The number of methoxy groups -OCH3 is 1. The fraction of sp³-hybridized carbons (Fsp3) is 0.136. The number of carbonyl (C=O) groups excluding carboxylic acids is 1. The molecular formula is C22H18F3NO3. The molecule has 4 nitrogen and oxygen atoms in total. The van der Waals surface area contributed by atoms with Crippen molar-refractivity contribution < 1.29 is 27.8 Å². The maximum atomic E-state index is 13.8. The van der Waals surface area contributed by atoms with Crippen LogP contribution < -0.4 is 10.1 Å². The first-order valence-electron chi connectivity index (χ1n) is 8.66. The van der Waals surface area contributed by atoms with E-state index in [9.17, 15) is 23.1 Å². The highest BCUT2D eigenvalue weighted by Gasteiger charge is 2.60. The Balaban J connectivity index is 1.92. The summed E-state index contributed by atoms with van der Waals surface area (Å²) >= 11 is 0. The molecule has 3 aromatic carbocycles. The zero-order chi connectivity index (χ0) is 21.1. The van der Waals surface area contributed by atoms with Crippen molar-refractivity contribution >= 4 is 11.6 Å². The largest absolute Gasteiger partial charge is 0.497 e. The van der Waals surface area contributed by atoms with E-state index in [0.29, 0.717) is 11.3 Å². The molecule has 0 aromatic heterocycles. The Morgan fingerprint density at radius 1 is 0.862 bits per heavy atom. The Kier molecular flexibility index (Phi) is 5.61. The molecule has 0 fully saturated rings. The molecule has 3 aromatic rings. The van der Waals surface area contributed by atoms with Crippen LogP contribution in [0.5, 0.6) is 5.75 Å². The quantitative estimate of drug-likeness (QED) is 0.649. The van der Waals surface area contributed by atoms with Crippen molar-refractivity contribution in [2.75, 3.05) is 12.4 Å². The summed E-state index contributed by atoms with van der Waals surface area (Å²) in [7, 11) is 1.44. The van der Waals surface area contributed by atoms with E-state index in [1.54, 1.807) is 24.3 Å². The van der Waals surface area contributed by atoms with E-state index < -0.39 is 23.2 Å². The fourth-order valence-corrected chi connectivity index (χ4v) is 2.85. The average molecular weight is 401 g/mol. The number of rotatable bonds is 5. The third-order valence-electron chi connectivity index (χ3n) is 4.50. The van der Waals surface area contributed by atoms with Crippen LogP contribution in [0.15, 0.2) is 78.9 Å². The monoisotopic (exact) mass is 401 g/mol. The Morgan fingerprint density at radius 3 is 1.93 bits per heavy atom. The van der Waals surface area contributed by atoms with Gasteiger partial charge in [0.25, 0.3) is 11.5 Å². The number of anilines is 1. The predicted molar refractivity (Wildman–Crippen MR) is 103 cm³/mol. The van der Waals surface area contributed by atoms with Crippen molar-refractivity contribution in [3.8, 4) is 16.9 Å². The van der Waals surface area contributed by atoms with Crippen molar-refractivity contribution in [2.45, 2.75) is 11.8 Å². The molecule has 3 rings (SSSR count). The first-order chi connectivity index (χ1) is 13.8. The van der Waals surface area contributed by atoms with Gasteiger partial charge in [-0.05, 0) is 35.4 Å². The van der Waals surface area contributed by atoms with E-state index in [1.807, 2.05) is 6.07 Å². The lowest BCUT2D eigenvalue weighted by atomic mass is 9.90. The minimum Gasteiger partial charge on any atom is -0.497 e. The molecule has 0 saturated heterocycles. The minimum atomic E-state index is -5.22. The van der Waals surface area contributed by atoms with Gasteiger partial charge in [0.2, 0.25) is 0 Å². The second-order valence-electron chi connectivity index (χ2n) is 6.33. The van der Waals surface area contributed by atoms with Gasteiger partial charge in [0, 0.05) is 11.3 Å². The van der Waals surface area contributed by atoms with E-state index in [2.05, 4.69) is 5.32 Å². The molecule has 1 atom stereocenters. The molecule has 0 bridgehead atoms. The maximum Gasteiger partial charge on any atom is 0.430 e. The normalized spacial score (nSPS) is 13.4. The molecule has 1 unspecified atom stereocenters. The standard InChI is InChI=1S/C22H18F3NO3/c1-29-19-13-11-18(12-14-19)26-20(27)21(28,22(23,24)25)17-9-7-16(8-10-17)15-5-3-2-4-6-15/h2-14,28H,1H3,(H,26,27). The molecule has 0 heterocycles. The van der Waals surface area contributed by atoms with Crippen LogP contribution in [-0.4, -0.2) is 24.3 Å². The number of benzene rings is 3. The summed E-state index contributed by atoms with van der Waals surface area (Å²) in [6.45, 7) is 0. The van der Waals surface area contributed by atoms with Crippen molar-refractivity contribution in [1.29, 1.82) is 0 Å². The number of hydrogen-bond donors (Lipinski definition) is 2. The van der Waals surface area contributed by atoms with E-state index in [-0.39, 0.29) is 5.69 Å². The van der Waals surface area contributed by atoms with Gasteiger partial charge >= 0.3 is 6.18 Å². The molecule has 29 heavy (non-hydrogen) atoms. The first-order valence-corrected chi connectivity index (χ1v) is 8.66. The number of carbonyl (C=O) groups is 1. The zero-order valence-electron chi connectivity index (χ0n) is 15.4. The summed E-state index contributed by atoms with van der Waals surface area (Å²) in [6, 6.07) is 19.8. The highest BCUT2D eigenvalue weighted by molar-refractivity contribution is 5.98. The van der Waals surface area contributed by atoms with Gasteiger partial charge in [0.15, 0.2) is 0 Å². The van der Waals surface area contributed by atoms with Crippen LogP contribution in [0, 0.1) is 0 Å². The smallest absolute Gasteiger partial charge is 0.430 e. The van der Waals surface area contributed by atoms with Crippen LogP contribution >= 0.6 is 0 Å². The van der Waals surface area contributed by atoms with Crippen LogP contribution in [-0.2, 0) is 10.4 Å². The van der Waals surface area contributed by atoms with Crippen molar-refractivity contribution in [1.82, 2.24) is 0 Å². The molecule has 7 heteroatoms. The van der Waals surface area contributed by atoms with Crippen LogP contribution in [0.4, 0.5) is 18.9 Å². The SMILES string of the molecule is COc1ccc(NC(=O)C(O)(c2ccc(-c3ccccc3)cc2)C(F)(F)F)cc1. The minimum absolute atomic E-state index is 0.0966. The molecule has 0 aliphatic heterocycles. The first kappa shape index (κ1) is 20.4. The van der Waals surface area contributed by atoms with Gasteiger partial charge in [-0.3, -0.25) is 4.79 Å². The summed E-state index contributed by atoms with van der Waals surface area (Å²) in [5.41, 5.74) is -2.72. The second-order valence-corrected chi connectivity index (χ2v) is 6.33. The van der Waals surface area contributed by atoms with Crippen LogP contribution in [0.25, 0.3) is 11.1 Å². The van der Waals surface area contributed by atoms with Crippen molar-refractivity contribution in [3.63, 3.8) is 0 Å². The summed E-state index contributed by atoms with van der Waals surface area (Å²) in [5, 5.41) is 12.6. The number of hydrogen-bond acceptors (Lipinski definition) is 3. The second kappa shape index (κ2) is 7.97. The Hall–Kier alpha value is -3.32. The summed E-state index contributed by atoms with van der Waals surface area (Å²) in [5.74, 6) is -1.12. The highest BCUT2D eigenvalue weighted by Crippen LogP contribution is 2.40. The van der Waals surface area contributed by atoms with Gasteiger partial charge < -0.3 is 15.2 Å². The fourth-order valence-electron chi connectivity index (χ4n) is 2.85. The molecule has 0 radical (unpaired) electrons. The van der Waals surface area contributed by atoms with Crippen LogP contribution in [0.1, 0.15) is 5.56 Å². The molecular weight excluding hydrogens is 383 g/mol. The summed E-state index contributed by atoms with van der Waals surface area (Å²) < 4.78 is 46.2. The van der Waals surface area contributed by atoms with Gasteiger partial charge in [0.05, 0.1) is 7.11 Å². The molecule has 1 amide bonds. The summed E-state index contributed by atoms with van der Waals surface area (Å²) in [4.78, 5) is 12.5. The summed E-state index contributed by atoms with van der Waals surface area (Å²) in [6.07, 6.45) is -5.22. The Morgan fingerprint density at radius 2 is 1.41 bits per heavy atom. The number of halogens is 3. The third-order valence-corrected chi connectivity index (χ3v) is 4.50. The topological polar surface area (TPSA) is 58.6 Å². The van der Waals surface area contributed by atoms with Crippen molar-refractivity contribution in [2.24, 2.45) is 0 Å².